The number of piperidine rings is 1. The van der Waals surface area contributed by atoms with Gasteiger partial charge in [0, 0.05) is 32.2 Å². The van der Waals surface area contributed by atoms with E-state index in [-0.39, 0.29) is 6.03 Å². The lowest BCUT2D eigenvalue weighted by Crippen LogP contribution is -2.52. The van der Waals surface area contributed by atoms with Gasteiger partial charge in [0.2, 0.25) is 0 Å². The highest BCUT2D eigenvalue weighted by Crippen LogP contribution is 2.16. The van der Waals surface area contributed by atoms with Crippen LogP contribution in [0.25, 0.3) is 0 Å². The smallest absolute Gasteiger partial charge is 0.320 e. The van der Waals surface area contributed by atoms with E-state index in [1.165, 1.54) is 19.3 Å². The molecule has 2 aliphatic rings. The predicted octanol–water partition coefficient (Wildman–Crippen LogP) is 1.28. The van der Waals surface area contributed by atoms with E-state index < -0.39 is 0 Å². The van der Waals surface area contributed by atoms with Crippen molar-refractivity contribution in [3.63, 3.8) is 0 Å². The summed E-state index contributed by atoms with van der Waals surface area (Å²) in [6.45, 7) is 6.90. The molecule has 2 rings (SSSR count). The lowest BCUT2D eigenvalue weighted by molar-refractivity contribution is 0.134. The molecule has 4 heteroatoms. The van der Waals surface area contributed by atoms with Crippen molar-refractivity contribution in [3.05, 3.63) is 0 Å². The number of likely N-dealkylation sites (N-methyl/N-ethyl adjacent to an activating group) is 1. The van der Waals surface area contributed by atoms with Crippen LogP contribution in [0.15, 0.2) is 0 Å². The minimum absolute atomic E-state index is 0.258. The van der Waals surface area contributed by atoms with Crippen LogP contribution in [0, 0.1) is 0 Å². The second-order valence-electron chi connectivity index (χ2n) is 4.76. The number of likely N-dealkylation sites (tertiary alicyclic amines) is 1. The van der Waals surface area contributed by atoms with Gasteiger partial charge in [0.05, 0.1) is 0 Å². The summed E-state index contributed by atoms with van der Waals surface area (Å²) in [6, 6.07) is 0.667. The van der Waals surface area contributed by atoms with Crippen molar-refractivity contribution in [3.8, 4) is 0 Å². The molecule has 0 aliphatic carbocycles. The van der Waals surface area contributed by atoms with Crippen LogP contribution in [0.3, 0.4) is 0 Å². The Morgan fingerprint density at radius 3 is 2.69 bits per heavy atom. The molecule has 0 aromatic heterocycles. The third-order valence-corrected chi connectivity index (χ3v) is 3.67. The van der Waals surface area contributed by atoms with Crippen LogP contribution in [0.4, 0.5) is 4.79 Å². The van der Waals surface area contributed by atoms with Crippen LogP contribution >= 0.6 is 0 Å². The molecule has 0 spiro atoms. The van der Waals surface area contributed by atoms with Crippen molar-refractivity contribution >= 4 is 6.03 Å². The number of carbonyl (C=O) groups is 1. The van der Waals surface area contributed by atoms with Gasteiger partial charge in [0.1, 0.15) is 0 Å². The first kappa shape index (κ1) is 11.7. The van der Waals surface area contributed by atoms with Crippen molar-refractivity contribution in [1.29, 1.82) is 0 Å². The van der Waals surface area contributed by atoms with Crippen LogP contribution in [0.5, 0.6) is 0 Å². The third kappa shape index (κ3) is 2.48. The number of nitrogens with zero attached hydrogens (tertiary/aromatic N) is 2. The number of amides is 2. The van der Waals surface area contributed by atoms with Gasteiger partial charge in [0.25, 0.3) is 0 Å². The highest BCUT2D eigenvalue weighted by molar-refractivity contribution is 5.75. The Hall–Kier alpha value is -0.770. The number of nitrogens with one attached hydrogen (secondary N) is 1. The highest BCUT2D eigenvalue weighted by atomic mass is 16.2. The molecule has 2 amide bonds. The molecule has 2 fully saturated rings. The van der Waals surface area contributed by atoms with E-state index >= 15 is 0 Å². The quantitative estimate of drug-likeness (QED) is 0.768. The number of rotatable bonds is 2. The molecule has 0 radical (unpaired) electrons. The minimum Gasteiger partial charge on any atom is -0.325 e. The fourth-order valence-corrected chi connectivity index (χ4v) is 2.74. The van der Waals surface area contributed by atoms with Crippen LogP contribution < -0.4 is 5.32 Å². The van der Waals surface area contributed by atoms with Gasteiger partial charge in [-0.1, -0.05) is 0 Å². The van der Waals surface area contributed by atoms with Gasteiger partial charge in [0.15, 0.2) is 0 Å². The summed E-state index contributed by atoms with van der Waals surface area (Å²) in [5.41, 5.74) is 0. The molecule has 1 unspecified atom stereocenters. The number of carbonyl (C=O) groups excluding carboxylic acids is 1. The average molecular weight is 225 g/mol. The molecule has 4 nitrogen and oxygen atoms in total. The van der Waals surface area contributed by atoms with Gasteiger partial charge < -0.3 is 15.1 Å². The second-order valence-corrected chi connectivity index (χ2v) is 4.76. The maximum atomic E-state index is 12.3. The van der Waals surface area contributed by atoms with Crippen LogP contribution in [0.2, 0.25) is 0 Å². The Labute approximate surface area is 98.0 Å². The Kier molecular flexibility index (Phi) is 4.04. The Morgan fingerprint density at radius 2 is 2.12 bits per heavy atom. The monoisotopic (exact) mass is 225 g/mol. The van der Waals surface area contributed by atoms with E-state index in [0.29, 0.717) is 6.04 Å². The molecule has 2 aliphatic heterocycles. The minimum atomic E-state index is 0.258. The summed E-state index contributed by atoms with van der Waals surface area (Å²) in [5, 5.41) is 3.38. The topological polar surface area (TPSA) is 35.6 Å². The maximum absolute atomic E-state index is 12.3. The van der Waals surface area contributed by atoms with Crippen LogP contribution in [-0.4, -0.2) is 54.6 Å². The SMILES string of the molecule is CCN(C(=O)N1CCCC1)C1CCCNC1. The Morgan fingerprint density at radius 1 is 1.38 bits per heavy atom. The fourth-order valence-electron chi connectivity index (χ4n) is 2.74. The molecule has 0 bridgehead atoms. The second kappa shape index (κ2) is 5.53. The number of urea groups is 1. The van der Waals surface area contributed by atoms with E-state index in [0.717, 1.165) is 39.1 Å². The normalized spacial score (nSPS) is 25.8. The van der Waals surface area contributed by atoms with E-state index in [4.69, 9.17) is 0 Å². The van der Waals surface area contributed by atoms with Crippen molar-refractivity contribution in [2.24, 2.45) is 0 Å². The van der Waals surface area contributed by atoms with Gasteiger partial charge >= 0.3 is 6.03 Å². The van der Waals surface area contributed by atoms with Gasteiger partial charge in [-0.3, -0.25) is 0 Å². The van der Waals surface area contributed by atoms with Crippen molar-refractivity contribution in [1.82, 2.24) is 15.1 Å². The predicted molar refractivity (Wildman–Crippen MR) is 64.5 cm³/mol. The molecule has 1 atom stereocenters. The Balaban J connectivity index is 1.94. The number of hydrogen-bond acceptors (Lipinski definition) is 2. The molecule has 2 saturated heterocycles. The summed E-state index contributed by atoms with van der Waals surface area (Å²) in [7, 11) is 0. The van der Waals surface area contributed by atoms with Crippen molar-refractivity contribution < 1.29 is 4.79 Å². The molecule has 2 heterocycles. The summed E-state index contributed by atoms with van der Waals surface area (Å²) >= 11 is 0. The molecule has 0 aromatic carbocycles. The van der Waals surface area contributed by atoms with Crippen molar-refractivity contribution in [2.75, 3.05) is 32.7 Å². The maximum Gasteiger partial charge on any atom is 0.320 e. The fraction of sp³-hybridized carbons (Fsp3) is 0.917. The molecular weight excluding hydrogens is 202 g/mol. The van der Waals surface area contributed by atoms with Gasteiger partial charge in [-0.2, -0.15) is 0 Å². The zero-order valence-electron chi connectivity index (χ0n) is 10.2. The van der Waals surface area contributed by atoms with E-state index in [9.17, 15) is 4.79 Å². The largest absolute Gasteiger partial charge is 0.325 e. The van der Waals surface area contributed by atoms with E-state index in [2.05, 4.69) is 17.1 Å². The number of hydrogen-bond donors (Lipinski definition) is 1. The van der Waals surface area contributed by atoms with E-state index in [1.54, 1.807) is 0 Å². The lowest BCUT2D eigenvalue weighted by Gasteiger charge is -2.36. The summed E-state index contributed by atoms with van der Waals surface area (Å²) in [6.07, 6.45) is 4.69. The molecule has 1 N–H and O–H groups in total. The zero-order chi connectivity index (χ0) is 11.4. The first-order valence-electron chi connectivity index (χ1n) is 6.59. The van der Waals surface area contributed by atoms with Crippen LogP contribution in [-0.2, 0) is 0 Å². The first-order valence-corrected chi connectivity index (χ1v) is 6.59. The Bertz CT molecular complexity index is 232. The summed E-state index contributed by atoms with van der Waals surface area (Å²) < 4.78 is 0. The van der Waals surface area contributed by atoms with E-state index in [1.807, 2.05) is 4.90 Å². The highest BCUT2D eigenvalue weighted by Gasteiger charge is 2.28. The first-order chi connectivity index (χ1) is 7.83. The average Bonchev–Trinajstić information content (AvgIpc) is 2.85. The van der Waals surface area contributed by atoms with Gasteiger partial charge in [-0.15, -0.1) is 0 Å². The van der Waals surface area contributed by atoms with Crippen LogP contribution in [0.1, 0.15) is 32.6 Å². The zero-order valence-corrected chi connectivity index (χ0v) is 10.2. The third-order valence-electron chi connectivity index (χ3n) is 3.67. The summed E-state index contributed by atoms with van der Waals surface area (Å²) in [5.74, 6) is 0. The van der Waals surface area contributed by atoms with Gasteiger partial charge in [-0.05, 0) is 39.2 Å². The molecule has 92 valence electrons. The van der Waals surface area contributed by atoms with Gasteiger partial charge in [-0.25, -0.2) is 4.79 Å². The standard InChI is InChI=1S/C12H23N3O/c1-2-15(11-6-5-7-13-10-11)12(16)14-8-3-4-9-14/h11,13H,2-10H2,1H3. The van der Waals surface area contributed by atoms with Crippen molar-refractivity contribution in [2.45, 2.75) is 38.6 Å². The summed E-state index contributed by atoms with van der Waals surface area (Å²) in [4.78, 5) is 16.4. The molecular formula is C12H23N3O. The molecule has 0 aromatic rings. The molecule has 0 saturated carbocycles. The lowest BCUT2D eigenvalue weighted by atomic mass is 10.1. The molecule has 16 heavy (non-hydrogen) atoms.